The van der Waals surface area contributed by atoms with Crippen molar-refractivity contribution in [2.75, 3.05) is 20.1 Å². The van der Waals surface area contributed by atoms with Gasteiger partial charge in [0.1, 0.15) is 0 Å². The van der Waals surface area contributed by atoms with Crippen molar-refractivity contribution in [1.82, 2.24) is 10.6 Å². The summed E-state index contributed by atoms with van der Waals surface area (Å²) in [5.41, 5.74) is 0. The predicted octanol–water partition coefficient (Wildman–Crippen LogP) is 3.02. The molecule has 17 heavy (non-hydrogen) atoms. The fourth-order valence-electron chi connectivity index (χ4n) is 1.18. The van der Waals surface area contributed by atoms with E-state index in [1.54, 1.807) is 18.4 Å². The zero-order chi connectivity index (χ0) is 11.8. The molecule has 1 rings (SSSR count). The van der Waals surface area contributed by atoms with E-state index in [0.29, 0.717) is 0 Å². The highest BCUT2D eigenvalue weighted by Gasteiger charge is 1.98. The van der Waals surface area contributed by atoms with Crippen LogP contribution in [-0.4, -0.2) is 26.1 Å². The van der Waals surface area contributed by atoms with E-state index < -0.39 is 0 Å². The van der Waals surface area contributed by atoms with Crippen molar-refractivity contribution in [2.45, 2.75) is 6.42 Å². The highest BCUT2D eigenvalue weighted by molar-refractivity contribution is 14.0. The molecule has 1 aromatic rings. The Bertz CT molecular complexity index is 365. The number of hydrogen-bond acceptors (Lipinski definition) is 2. The average molecular weight is 430 g/mol. The number of halogens is 2. The van der Waals surface area contributed by atoms with E-state index >= 15 is 0 Å². The summed E-state index contributed by atoms with van der Waals surface area (Å²) in [6.45, 7) is 5.25. The van der Waals surface area contributed by atoms with Crippen molar-refractivity contribution in [3.63, 3.8) is 0 Å². The maximum absolute atomic E-state index is 4.10. The molecule has 6 heteroatoms. The molecule has 0 atom stereocenters. The Hall–Kier alpha value is -0.0800. The van der Waals surface area contributed by atoms with E-state index in [-0.39, 0.29) is 24.0 Å². The molecule has 0 aromatic carbocycles. The molecule has 96 valence electrons. The molecule has 0 bridgehead atoms. The van der Waals surface area contributed by atoms with Crippen molar-refractivity contribution in [2.24, 2.45) is 4.99 Å². The lowest BCUT2D eigenvalue weighted by Crippen LogP contribution is -2.38. The van der Waals surface area contributed by atoms with Gasteiger partial charge in [0.2, 0.25) is 0 Å². The topological polar surface area (TPSA) is 36.4 Å². The van der Waals surface area contributed by atoms with Crippen LogP contribution in [0.1, 0.15) is 4.88 Å². The van der Waals surface area contributed by atoms with Crippen LogP contribution in [0, 0.1) is 0 Å². The molecular formula is C11H17BrIN3S. The van der Waals surface area contributed by atoms with Crippen molar-refractivity contribution >= 4 is 57.2 Å². The second-order valence-electron chi connectivity index (χ2n) is 3.12. The van der Waals surface area contributed by atoms with Crippen LogP contribution in [0.15, 0.2) is 33.6 Å². The third kappa shape index (κ3) is 7.05. The molecule has 3 nitrogen and oxygen atoms in total. The van der Waals surface area contributed by atoms with Crippen LogP contribution in [0.5, 0.6) is 0 Å². The van der Waals surface area contributed by atoms with E-state index in [0.717, 1.165) is 25.5 Å². The first kappa shape index (κ1) is 16.9. The van der Waals surface area contributed by atoms with Crippen molar-refractivity contribution in [3.05, 3.63) is 33.5 Å². The van der Waals surface area contributed by atoms with Gasteiger partial charge in [0.25, 0.3) is 0 Å². The van der Waals surface area contributed by atoms with Gasteiger partial charge in [0.15, 0.2) is 5.96 Å². The maximum Gasteiger partial charge on any atom is 0.191 e. The SMILES string of the molecule is C=CCNC(=NC)NCCc1ccc(Br)s1.I. The first-order chi connectivity index (χ1) is 7.76. The quantitative estimate of drug-likeness (QED) is 0.326. The lowest BCUT2D eigenvalue weighted by molar-refractivity contribution is 0.829. The summed E-state index contributed by atoms with van der Waals surface area (Å²) >= 11 is 5.22. The average Bonchev–Trinajstić information content (AvgIpc) is 2.69. The van der Waals surface area contributed by atoms with Crippen LogP contribution in [0.4, 0.5) is 0 Å². The lowest BCUT2D eigenvalue weighted by atomic mass is 10.3. The Labute approximate surface area is 132 Å². The Balaban J connectivity index is 0.00000256. The zero-order valence-corrected chi connectivity index (χ0v) is 14.4. The molecule has 0 aliphatic carbocycles. The number of nitrogens with one attached hydrogen (secondary N) is 2. The summed E-state index contributed by atoms with van der Waals surface area (Å²) in [6.07, 6.45) is 2.81. The van der Waals surface area contributed by atoms with Gasteiger partial charge in [-0.15, -0.1) is 41.9 Å². The largest absolute Gasteiger partial charge is 0.356 e. The summed E-state index contributed by atoms with van der Waals surface area (Å²) in [5.74, 6) is 0.815. The van der Waals surface area contributed by atoms with Crippen LogP contribution in [-0.2, 0) is 6.42 Å². The molecule has 0 radical (unpaired) electrons. The van der Waals surface area contributed by atoms with Crippen LogP contribution in [0.2, 0.25) is 0 Å². The molecule has 0 amide bonds. The summed E-state index contributed by atoms with van der Waals surface area (Å²) in [4.78, 5) is 5.46. The molecule has 0 saturated heterocycles. The van der Waals surface area contributed by atoms with Gasteiger partial charge >= 0.3 is 0 Å². The van der Waals surface area contributed by atoms with Gasteiger partial charge in [-0.05, 0) is 34.5 Å². The Morgan fingerprint density at radius 3 is 2.82 bits per heavy atom. The number of thiophene rings is 1. The summed E-state index contributed by atoms with van der Waals surface area (Å²) in [5, 5.41) is 6.37. The van der Waals surface area contributed by atoms with E-state index in [4.69, 9.17) is 0 Å². The van der Waals surface area contributed by atoms with Crippen LogP contribution >= 0.6 is 51.2 Å². The smallest absolute Gasteiger partial charge is 0.191 e. The molecule has 0 aliphatic rings. The molecule has 1 aromatic heterocycles. The van der Waals surface area contributed by atoms with Crippen LogP contribution < -0.4 is 10.6 Å². The summed E-state index contributed by atoms with van der Waals surface area (Å²) < 4.78 is 1.18. The first-order valence-corrected chi connectivity index (χ1v) is 6.67. The van der Waals surface area contributed by atoms with E-state index in [9.17, 15) is 0 Å². The predicted molar refractivity (Wildman–Crippen MR) is 90.7 cm³/mol. The van der Waals surface area contributed by atoms with E-state index in [1.165, 1.54) is 8.66 Å². The molecule has 1 heterocycles. The number of hydrogen-bond donors (Lipinski definition) is 2. The first-order valence-electron chi connectivity index (χ1n) is 5.06. The van der Waals surface area contributed by atoms with Gasteiger partial charge in [-0.25, -0.2) is 0 Å². The molecule has 0 spiro atoms. The summed E-state index contributed by atoms with van der Waals surface area (Å²) in [6, 6.07) is 4.21. The van der Waals surface area contributed by atoms with Gasteiger partial charge in [-0.2, -0.15) is 0 Å². The number of guanidine groups is 1. The molecule has 0 fully saturated rings. The third-order valence-electron chi connectivity index (χ3n) is 1.93. The Morgan fingerprint density at radius 2 is 2.29 bits per heavy atom. The van der Waals surface area contributed by atoms with Gasteiger partial charge < -0.3 is 10.6 Å². The molecule has 0 unspecified atom stereocenters. The molecular weight excluding hydrogens is 413 g/mol. The molecule has 0 saturated carbocycles. The minimum absolute atomic E-state index is 0. The Kier molecular flexibility index (Phi) is 9.85. The molecule has 0 aliphatic heterocycles. The van der Waals surface area contributed by atoms with E-state index in [2.05, 4.69) is 50.3 Å². The van der Waals surface area contributed by atoms with Crippen molar-refractivity contribution < 1.29 is 0 Å². The highest BCUT2D eigenvalue weighted by Crippen LogP contribution is 2.21. The number of rotatable bonds is 5. The minimum atomic E-state index is 0. The normalized spacial score (nSPS) is 10.6. The van der Waals surface area contributed by atoms with Gasteiger partial charge in [-0.3, -0.25) is 4.99 Å². The third-order valence-corrected chi connectivity index (χ3v) is 3.61. The second kappa shape index (κ2) is 9.90. The minimum Gasteiger partial charge on any atom is -0.356 e. The second-order valence-corrected chi connectivity index (χ2v) is 5.67. The number of aliphatic imine (C=N–C) groups is 1. The standard InChI is InChI=1S/C11H16BrN3S.HI/c1-3-7-14-11(13-2)15-8-6-9-4-5-10(12)16-9;/h3-5H,1,6-8H2,2H3,(H2,13,14,15);1H. The molecule has 2 N–H and O–H groups in total. The Morgan fingerprint density at radius 1 is 1.53 bits per heavy atom. The van der Waals surface area contributed by atoms with Gasteiger partial charge in [0, 0.05) is 25.0 Å². The lowest BCUT2D eigenvalue weighted by Gasteiger charge is -2.09. The fourth-order valence-corrected chi connectivity index (χ4v) is 2.66. The monoisotopic (exact) mass is 429 g/mol. The summed E-state index contributed by atoms with van der Waals surface area (Å²) in [7, 11) is 1.76. The van der Waals surface area contributed by atoms with Crippen LogP contribution in [0.3, 0.4) is 0 Å². The van der Waals surface area contributed by atoms with Crippen LogP contribution in [0.25, 0.3) is 0 Å². The van der Waals surface area contributed by atoms with Crippen molar-refractivity contribution in [3.8, 4) is 0 Å². The van der Waals surface area contributed by atoms with Gasteiger partial charge in [0.05, 0.1) is 3.79 Å². The number of nitrogens with zero attached hydrogens (tertiary/aromatic N) is 1. The maximum atomic E-state index is 4.10. The fraction of sp³-hybridized carbons (Fsp3) is 0.364. The zero-order valence-electron chi connectivity index (χ0n) is 9.70. The highest BCUT2D eigenvalue weighted by atomic mass is 127. The van der Waals surface area contributed by atoms with Crippen molar-refractivity contribution in [1.29, 1.82) is 0 Å². The van der Waals surface area contributed by atoms with Gasteiger partial charge in [-0.1, -0.05) is 6.08 Å². The van der Waals surface area contributed by atoms with E-state index in [1.807, 2.05) is 6.08 Å².